The standard InChI is InChI=1S/C13H18ClNO.ClH/c1-3-16-13-6-4-11(5-7-13)10(2)12(8-14)9-15;/h4-8,10H,3,9,15H2,1-2H3;1H/b12-8-;. The van der Waals surface area contributed by atoms with Crippen LogP contribution in [-0.2, 0) is 0 Å². The molecule has 0 aliphatic carbocycles. The third kappa shape index (κ3) is 4.58. The maximum Gasteiger partial charge on any atom is 0.119 e. The SMILES string of the molecule is CCOc1ccc(C(C)/C(=C\Cl)CN)cc1.Cl. The lowest BCUT2D eigenvalue weighted by atomic mass is 9.94. The Bertz CT molecular complexity index is 349. The summed E-state index contributed by atoms with van der Waals surface area (Å²) in [6, 6.07) is 8.03. The van der Waals surface area contributed by atoms with Crippen molar-refractivity contribution in [2.45, 2.75) is 19.8 Å². The van der Waals surface area contributed by atoms with Crippen LogP contribution in [0.25, 0.3) is 0 Å². The zero-order valence-corrected chi connectivity index (χ0v) is 11.7. The van der Waals surface area contributed by atoms with Gasteiger partial charge in [-0.15, -0.1) is 12.4 Å². The molecule has 2 nitrogen and oxygen atoms in total. The molecule has 0 saturated carbocycles. The molecule has 0 aliphatic rings. The largest absolute Gasteiger partial charge is 0.494 e. The highest BCUT2D eigenvalue weighted by molar-refractivity contribution is 6.25. The molecular formula is C13H19Cl2NO. The van der Waals surface area contributed by atoms with Crippen molar-refractivity contribution in [1.29, 1.82) is 0 Å². The zero-order chi connectivity index (χ0) is 12.0. The van der Waals surface area contributed by atoms with Crippen molar-refractivity contribution in [3.05, 3.63) is 40.9 Å². The Morgan fingerprint density at radius 3 is 2.41 bits per heavy atom. The van der Waals surface area contributed by atoms with E-state index in [1.54, 1.807) is 5.54 Å². The first-order valence-electron chi connectivity index (χ1n) is 5.44. The molecule has 0 radical (unpaired) electrons. The Kier molecular flexibility index (Phi) is 8.05. The summed E-state index contributed by atoms with van der Waals surface area (Å²) in [5, 5.41) is 0. The van der Waals surface area contributed by atoms with E-state index in [0.717, 1.165) is 11.3 Å². The van der Waals surface area contributed by atoms with E-state index in [9.17, 15) is 0 Å². The second-order valence-electron chi connectivity index (χ2n) is 3.61. The lowest BCUT2D eigenvalue weighted by Gasteiger charge is -2.14. The van der Waals surface area contributed by atoms with Crippen LogP contribution in [0.4, 0.5) is 0 Å². The number of benzene rings is 1. The topological polar surface area (TPSA) is 35.2 Å². The van der Waals surface area contributed by atoms with Crippen LogP contribution in [0.5, 0.6) is 5.75 Å². The molecule has 0 aliphatic heterocycles. The fourth-order valence-corrected chi connectivity index (χ4v) is 1.83. The van der Waals surface area contributed by atoms with Gasteiger partial charge in [0, 0.05) is 18.0 Å². The predicted octanol–water partition coefficient (Wildman–Crippen LogP) is 3.69. The van der Waals surface area contributed by atoms with E-state index >= 15 is 0 Å². The van der Waals surface area contributed by atoms with Crippen LogP contribution in [0.2, 0.25) is 0 Å². The molecule has 0 heterocycles. The Balaban J connectivity index is 0.00000256. The minimum Gasteiger partial charge on any atom is -0.494 e. The summed E-state index contributed by atoms with van der Waals surface area (Å²) in [7, 11) is 0. The third-order valence-corrected chi connectivity index (χ3v) is 2.90. The molecule has 0 aromatic heterocycles. The molecule has 2 N–H and O–H groups in total. The van der Waals surface area contributed by atoms with Crippen LogP contribution >= 0.6 is 24.0 Å². The van der Waals surface area contributed by atoms with Crippen LogP contribution in [-0.4, -0.2) is 13.2 Å². The Labute approximate surface area is 114 Å². The predicted molar refractivity (Wildman–Crippen MR) is 76.3 cm³/mol. The van der Waals surface area contributed by atoms with Crippen LogP contribution < -0.4 is 10.5 Å². The van der Waals surface area contributed by atoms with Crippen molar-refractivity contribution >= 4 is 24.0 Å². The normalized spacial score (nSPS) is 12.8. The van der Waals surface area contributed by atoms with Gasteiger partial charge in [0.25, 0.3) is 0 Å². The number of hydrogen-bond acceptors (Lipinski definition) is 2. The van der Waals surface area contributed by atoms with Gasteiger partial charge in [0.2, 0.25) is 0 Å². The monoisotopic (exact) mass is 275 g/mol. The highest BCUT2D eigenvalue weighted by Crippen LogP contribution is 2.25. The van der Waals surface area contributed by atoms with E-state index in [1.807, 2.05) is 31.2 Å². The fraction of sp³-hybridized carbons (Fsp3) is 0.385. The molecule has 0 saturated heterocycles. The van der Waals surface area contributed by atoms with Crippen LogP contribution in [0.15, 0.2) is 35.4 Å². The average Bonchev–Trinajstić information content (AvgIpc) is 2.32. The summed E-state index contributed by atoms with van der Waals surface area (Å²) in [6.07, 6.45) is 0. The van der Waals surface area contributed by atoms with Gasteiger partial charge in [0.05, 0.1) is 6.61 Å². The maximum atomic E-state index is 5.73. The molecule has 0 fully saturated rings. The molecule has 96 valence electrons. The molecule has 1 aromatic carbocycles. The Morgan fingerprint density at radius 1 is 1.41 bits per heavy atom. The van der Waals surface area contributed by atoms with Crippen molar-refractivity contribution in [2.75, 3.05) is 13.2 Å². The lowest BCUT2D eigenvalue weighted by Crippen LogP contribution is -2.09. The second kappa shape index (κ2) is 8.40. The lowest BCUT2D eigenvalue weighted by molar-refractivity contribution is 0.340. The van der Waals surface area contributed by atoms with Crippen LogP contribution in [0.3, 0.4) is 0 Å². The van der Waals surface area contributed by atoms with Crippen molar-refractivity contribution in [2.24, 2.45) is 5.73 Å². The minimum atomic E-state index is 0. The highest BCUT2D eigenvalue weighted by atomic mass is 35.5. The van der Waals surface area contributed by atoms with Gasteiger partial charge in [0.15, 0.2) is 0 Å². The molecule has 4 heteroatoms. The van der Waals surface area contributed by atoms with Crippen molar-refractivity contribution in [3.63, 3.8) is 0 Å². The number of rotatable bonds is 5. The van der Waals surface area contributed by atoms with Gasteiger partial charge in [-0.1, -0.05) is 30.7 Å². The van der Waals surface area contributed by atoms with Gasteiger partial charge in [0.1, 0.15) is 5.75 Å². The van der Waals surface area contributed by atoms with E-state index < -0.39 is 0 Å². The first kappa shape index (κ1) is 16.3. The number of halogens is 2. The minimum absolute atomic E-state index is 0. The summed E-state index contributed by atoms with van der Waals surface area (Å²) in [5.74, 6) is 1.14. The molecule has 0 amide bonds. The van der Waals surface area contributed by atoms with Crippen LogP contribution in [0, 0.1) is 0 Å². The average molecular weight is 276 g/mol. The number of ether oxygens (including phenoxy) is 1. The Morgan fingerprint density at radius 2 is 2.00 bits per heavy atom. The molecule has 1 rings (SSSR count). The number of nitrogens with two attached hydrogens (primary N) is 1. The zero-order valence-electron chi connectivity index (χ0n) is 10.2. The molecule has 1 atom stereocenters. The molecule has 0 bridgehead atoms. The summed E-state index contributed by atoms with van der Waals surface area (Å²) in [4.78, 5) is 0. The van der Waals surface area contributed by atoms with Gasteiger partial charge >= 0.3 is 0 Å². The Hall–Kier alpha value is -0.700. The third-order valence-electron chi connectivity index (χ3n) is 2.62. The van der Waals surface area contributed by atoms with E-state index in [1.165, 1.54) is 5.56 Å². The van der Waals surface area contributed by atoms with Gasteiger partial charge in [-0.3, -0.25) is 0 Å². The molecule has 1 unspecified atom stereocenters. The van der Waals surface area contributed by atoms with Gasteiger partial charge < -0.3 is 10.5 Å². The van der Waals surface area contributed by atoms with Gasteiger partial charge in [-0.05, 0) is 30.2 Å². The molecule has 0 spiro atoms. The van der Waals surface area contributed by atoms with E-state index in [2.05, 4.69) is 6.92 Å². The first-order valence-corrected chi connectivity index (χ1v) is 5.88. The van der Waals surface area contributed by atoms with Gasteiger partial charge in [-0.25, -0.2) is 0 Å². The molecular weight excluding hydrogens is 257 g/mol. The van der Waals surface area contributed by atoms with E-state index in [0.29, 0.717) is 13.2 Å². The smallest absolute Gasteiger partial charge is 0.119 e. The van der Waals surface area contributed by atoms with Crippen molar-refractivity contribution in [1.82, 2.24) is 0 Å². The molecule has 1 aromatic rings. The fourth-order valence-electron chi connectivity index (χ4n) is 1.55. The van der Waals surface area contributed by atoms with Crippen LogP contribution in [0.1, 0.15) is 25.3 Å². The summed E-state index contributed by atoms with van der Waals surface area (Å²) < 4.78 is 5.39. The van der Waals surface area contributed by atoms with E-state index in [4.69, 9.17) is 22.1 Å². The second-order valence-corrected chi connectivity index (χ2v) is 3.83. The summed E-state index contributed by atoms with van der Waals surface area (Å²) in [5.41, 5.74) is 9.42. The summed E-state index contributed by atoms with van der Waals surface area (Å²) in [6.45, 7) is 5.23. The quantitative estimate of drug-likeness (QED) is 0.890. The highest BCUT2D eigenvalue weighted by Gasteiger charge is 2.09. The van der Waals surface area contributed by atoms with Crippen molar-refractivity contribution < 1.29 is 4.74 Å². The first-order chi connectivity index (χ1) is 7.72. The number of hydrogen-bond donors (Lipinski definition) is 1. The summed E-state index contributed by atoms with van der Waals surface area (Å²) >= 11 is 5.73. The van der Waals surface area contributed by atoms with Gasteiger partial charge in [-0.2, -0.15) is 0 Å². The molecule has 17 heavy (non-hydrogen) atoms. The maximum absolute atomic E-state index is 5.73. The van der Waals surface area contributed by atoms with Crippen molar-refractivity contribution in [3.8, 4) is 5.75 Å². The van der Waals surface area contributed by atoms with E-state index in [-0.39, 0.29) is 18.3 Å².